The molecule has 3 N–H and O–H groups in total. The van der Waals surface area contributed by atoms with E-state index in [1.54, 1.807) is 0 Å². The summed E-state index contributed by atoms with van der Waals surface area (Å²) < 4.78 is 0. The summed E-state index contributed by atoms with van der Waals surface area (Å²) in [6, 6.07) is 10.4. The Morgan fingerprint density at radius 1 is 1.40 bits per heavy atom. The topological polar surface area (TPSA) is 58.4 Å². The summed E-state index contributed by atoms with van der Waals surface area (Å²) in [6.07, 6.45) is 2.68. The van der Waals surface area contributed by atoms with E-state index in [0.29, 0.717) is 0 Å². The molecule has 1 aromatic rings. The van der Waals surface area contributed by atoms with Gasteiger partial charge >= 0.3 is 0 Å². The van der Waals surface area contributed by atoms with Crippen LogP contribution in [-0.4, -0.2) is 36.0 Å². The van der Waals surface area contributed by atoms with Crippen molar-refractivity contribution < 1.29 is 4.79 Å². The second kappa shape index (κ2) is 6.37. The Morgan fingerprint density at radius 3 is 2.60 bits per heavy atom. The number of amides is 1. The first-order chi connectivity index (χ1) is 9.49. The average molecular weight is 275 g/mol. The number of carbonyl (C=O) groups is 1. The van der Waals surface area contributed by atoms with Crippen LogP contribution < -0.4 is 11.1 Å². The Balaban J connectivity index is 1.76. The summed E-state index contributed by atoms with van der Waals surface area (Å²) in [5, 5.41) is 3.03. The minimum atomic E-state index is -0.605. The standard InChI is InChI=1S/C16H25N3O/c1-13(18-15(20)16(17)9-6-10-16)11-19(2)12-14-7-4-3-5-8-14/h3-5,7-8,13H,6,9-12,17H2,1-2H3,(H,18,20). The van der Waals surface area contributed by atoms with Crippen molar-refractivity contribution in [2.24, 2.45) is 5.73 Å². The third kappa shape index (κ3) is 3.81. The second-order valence-electron chi connectivity index (χ2n) is 6.07. The molecule has 1 unspecified atom stereocenters. The van der Waals surface area contributed by atoms with Crippen molar-refractivity contribution in [1.29, 1.82) is 0 Å². The van der Waals surface area contributed by atoms with Gasteiger partial charge in [-0.05, 0) is 38.8 Å². The highest BCUT2D eigenvalue weighted by Gasteiger charge is 2.40. The summed E-state index contributed by atoms with van der Waals surface area (Å²) in [5.41, 5.74) is 6.70. The van der Waals surface area contributed by atoms with E-state index in [4.69, 9.17) is 5.73 Å². The van der Waals surface area contributed by atoms with Crippen LogP contribution in [0, 0.1) is 0 Å². The Kier molecular flexibility index (Phi) is 4.78. The number of nitrogens with zero attached hydrogens (tertiary/aromatic N) is 1. The predicted octanol–water partition coefficient (Wildman–Crippen LogP) is 1.50. The Morgan fingerprint density at radius 2 is 2.05 bits per heavy atom. The first-order valence-corrected chi connectivity index (χ1v) is 7.32. The third-order valence-electron chi connectivity index (χ3n) is 3.96. The van der Waals surface area contributed by atoms with Gasteiger partial charge in [0, 0.05) is 19.1 Å². The fourth-order valence-corrected chi connectivity index (χ4v) is 2.63. The Bertz CT molecular complexity index is 442. The third-order valence-corrected chi connectivity index (χ3v) is 3.96. The van der Waals surface area contributed by atoms with E-state index in [9.17, 15) is 4.79 Å². The lowest BCUT2D eigenvalue weighted by atomic mass is 9.77. The maximum absolute atomic E-state index is 12.0. The number of hydrogen-bond donors (Lipinski definition) is 2. The zero-order chi connectivity index (χ0) is 14.6. The molecule has 1 aliphatic rings. The lowest BCUT2D eigenvalue weighted by Gasteiger charge is -2.37. The monoisotopic (exact) mass is 275 g/mol. The molecule has 1 amide bonds. The minimum Gasteiger partial charge on any atom is -0.351 e. The number of nitrogens with two attached hydrogens (primary N) is 1. The summed E-state index contributed by atoms with van der Waals surface area (Å²) >= 11 is 0. The quantitative estimate of drug-likeness (QED) is 0.827. The number of likely N-dealkylation sites (N-methyl/N-ethyl adjacent to an activating group) is 1. The molecule has 110 valence electrons. The van der Waals surface area contributed by atoms with E-state index in [1.165, 1.54) is 5.56 Å². The van der Waals surface area contributed by atoms with Crippen LogP contribution in [0.4, 0.5) is 0 Å². The molecule has 0 heterocycles. The van der Waals surface area contributed by atoms with Crippen LogP contribution >= 0.6 is 0 Å². The number of hydrogen-bond acceptors (Lipinski definition) is 3. The van der Waals surface area contributed by atoms with Crippen molar-refractivity contribution in [3.8, 4) is 0 Å². The van der Waals surface area contributed by atoms with Gasteiger partial charge in [-0.15, -0.1) is 0 Å². The van der Waals surface area contributed by atoms with Crippen molar-refractivity contribution in [3.63, 3.8) is 0 Å². The van der Waals surface area contributed by atoms with Crippen molar-refractivity contribution in [3.05, 3.63) is 35.9 Å². The van der Waals surface area contributed by atoms with E-state index in [0.717, 1.165) is 32.4 Å². The highest BCUT2D eigenvalue weighted by molar-refractivity contribution is 5.87. The fraction of sp³-hybridized carbons (Fsp3) is 0.562. The van der Waals surface area contributed by atoms with E-state index in [2.05, 4.69) is 29.4 Å². The van der Waals surface area contributed by atoms with Crippen LogP contribution in [0.25, 0.3) is 0 Å². The summed E-state index contributed by atoms with van der Waals surface area (Å²) in [6.45, 7) is 3.73. The summed E-state index contributed by atoms with van der Waals surface area (Å²) in [5.74, 6) is 0.00404. The van der Waals surface area contributed by atoms with Gasteiger partial charge in [0.25, 0.3) is 0 Å². The Hall–Kier alpha value is -1.39. The van der Waals surface area contributed by atoms with Gasteiger partial charge < -0.3 is 16.0 Å². The van der Waals surface area contributed by atoms with Crippen LogP contribution in [0.5, 0.6) is 0 Å². The molecule has 0 saturated heterocycles. The normalized spacial score (nSPS) is 18.4. The molecule has 4 heteroatoms. The molecule has 1 fully saturated rings. The lowest BCUT2D eigenvalue weighted by molar-refractivity contribution is -0.130. The fourth-order valence-electron chi connectivity index (χ4n) is 2.63. The van der Waals surface area contributed by atoms with Gasteiger partial charge in [0.15, 0.2) is 0 Å². The Labute approximate surface area is 121 Å². The van der Waals surface area contributed by atoms with Gasteiger partial charge in [0.1, 0.15) is 0 Å². The van der Waals surface area contributed by atoms with Crippen molar-refractivity contribution >= 4 is 5.91 Å². The lowest BCUT2D eigenvalue weighted by Crippen LogP contribution is -2.60. The molecule has 2 rings (SSSR count). The smallest absolute Gasteiger partial charge is 0.240 e. The zero-order valence-corrected chi connectivity index (χ0v) is 12.4. The van der Waals surface area contributed by atoms with Crippen molar-refractivity contribution in [2.75, 3.05) is 13.6 Å². The first-order valence-electron chi connectivity index (χ1n) is 7.32. The largest absolute Gasteiger partial charge is 0.351 e. The summed E-state index contributed by atoms with van der Waals surface area (Å²) in [4.78, 5) is 14.3. The van der Waals surface area contributed by atoms with E-state index >= 15 is 0 Å². The highest BCUT2D eigenvalue weighted by atomic mass is 16.2. The van der Waals surface area contributed by atoms with Crippen molar-refractivity contribution in [2.45, 2.75) is 44.3 Å². The molecule has 1 saturated carbocycles. The SMILES string of the molecule is CC(CN(C)Cc1ccccc1)NC(=O)C1(N)CCC1. The van der Waals surface area contributed by atoms with Gasteiger partial charge in [-0.1, -0.05) is 30.3 Å². The van der Waals surface area contributed by atoms with Gasteiger partial charge in [-0.25, -0.2) is 0 Å². The van der Waals surface area contributed by atoms with Gasteiger partial charge in [0.2, 0.25) is 5.91 Å². The number of rotatable bonds is 6. The minimum absolute atomic E-state index is 0.00404. The van der Waals surface area contributed by atoms with E-state index in [-0.39, 0.29) is 11.9 Å². The molecule has 0 radical (unpaired) electrons. The average Bonchev–Trinajstić information content (AvgIpc) is 2.36. The van der Waals surface area contributed by atoms with Gasteiger partial charge in [-0.3, -0.25) is 4.79 Å². The van der Waals surface area contributed by atoms with Crippen LogP contribution in [0.15, 0.2) is 30.3 Å². The van der Waals surface area contributed by atoms with Crippen molar-refractivity contribution in [1.82, 2.24) is 10.2 Å². The number of carbonyl (C=O) groups excluding carboxylic acids is 1. The second-order valence-corrected chi connectivity index (χ2v) is 6.07. The number of nitrogens with one attached hydrogen (secondary N) is 1. The molecule has 1 aromatic carbocycles. The molecule has 20 heavy (non-hydrogen) atoms. The molecule has 1 atom stereocenters. The maximum Gasteiger partial charge on any atom is 0.240 e. The van der Waals surface area contributed by atoms with Gasteiger partial charge in [-0.2, -0.15) is 0 Å². The van der Waals surface area contributed by atoms with E-state index in [1.807, 2.05) is 25.1 Å². The summed E-state index contributed by atoms with van der Waals surface area (Å²) in [7, 11) is 2.07. The molecular weight excluding hydrogens is 250 g/mol. The van der Waals surface area contributed by atoms with Crippen LogP contribution in [0.1, 0.15) is 31.7 Å². The van der Waals surface area contributed by atoms with Crippen LogP contribution in [-0.2, 0) is 11.3 Å². The highest BCUT2D eigenvalue weighted by Crippen LogP contribution is 2.29. The van der Waals surface area contributed by atoms with E-state index < -0.39 is 5.54 Å². The molecule has 0 aromatic heterocycles. The number of benzene rings is 1. The first kappa shape index (κ1) is 15.0. The van der Waals surface area contributed by atoms with Crippen LogP contribution in [0.3, 0.4) is 0 Å². The van der Waals surface area contributed by atoms with Crippen LogP contribution in [0.2, 0.25) is 0 Å². The molecular formula is C16H25N3O. The van der Waals surface area contributed by atoms with Gasteiger partial charge in [0.05, 0.1) is 5.54 Å². The maximum atomic E-state index is 12.0. The zero-order valence-electron chi connectivity index (χ0n) is 12.4. The molecule has 1 aliphatic carbocycles. The molecule has 0 aliphatic heterocycles. The molecule has 0 bridgehead atoms. The predicted molar refractivity (Wildman–Crippen MR) is 81.2 cm³/mol. The molecule has 4 nitrogen and oxygen atoms in total. The molecule has 0 spiro atoms.